The van der Waals surface area contributed by atoms with Gasteiger partial charge >= 0.3 is 11.9 Å². The molecule has 0 heterocycles. The number of carboxylic acids is 1. The van der Waals surface area contributed by atoms with Gasteiger partial charge in [0.05, 0.1) is 6.61 Å². The van der Waals surface area contributed by atoms with Crippen LogP contribution in [0.3, 0.4) is 0 Å². The molecule has 0 aromatic heterocycles. The second-order valence-electron chi connectivity index (χ2n) is 14.8. The van der Waals surface area contributed by atoms with Gasteiger partial charge < -0.3 is 9.84 Å². The molecular formula is C45H84O4. The third-order valence-electron chi connectivity index (χ3n) is 9.88. The molecule has 0 fully saturated rings. The van der Waals surface area contributed by atoms with E-state index >= 15 is 0 Å². The molecular weight excluding hydrogens is 604 g/mol. The van der Waals surface area contributed by atoms with Crippen LogP contribution in [0.2, 0.25) is 0 Å². The Morgan fingerprint density at radius 3 is 1.12 bits per heavy atom. The van der Waals surface area contributed by atoms with E-state index in [1.165, 1.54) is 186 Å². The van der Waals surface area contributed by atoms with Crippen LogP contribution in [-0.4, -0.2) is 23.7 Å². The zero-order valence-corrected chi connectivity index (χ0v) is 32.9. The normalized spacial score (nSPS) is 11.7. The van der Waals surface area contributed by atoms with E-state index in [2.05, 4.69) is 31.2 Å². The highest BCUT2D eigenvalue weighted by atomic mass is 16.5. The van der Waals surface area contributed by atoms with Crippen LogP contribution in [-0.2, 0) is 14.3 Å². The number of carboxylic acid groups (broad SMARTS) is 1. The van der Waals surface area contributed by atoms with Crippen molar-refractivity contribution in [3.05, 3.63) is 24.3 Å². The topological polar surface area (TPSA) is 63.6 Å². The number of unbranched alkanes of at least 4 members (excludes halogenated alkanes) is 31. The molecule has 0 saturated heterocycles. The lowest BCUT2D eigenvalue weighted by Crippen LogP contribution is -2.05. The minimum absolute atomic E-state index is 0.00357. The van der Waals surface area contributed by atoms with Crippen LogP contribution in [0.1, 0.15) is 244 Å². The van der Waals surface area contributed by atoms with Gasteiger partial charge in [0.25, 0.3) is 0 Å². The van der Waals surface area contributed by atoms with Crippen molar-refractivity contribution >= 4 is 11.9 Å². The number of hydrogen-bond acceptors (Lipinski definition) is 3. The van der Waals surface area contributed by atoms with Crippen LogP contribution in [0.15, 0.2) is 24.3 Å². The summed E-state index contributed by atoms with van der Waals surface area (Å²) in [6.07, 6.45) is 55.0. The average Bonchev–Trinajstić information content (AvgIpc) is 3.09. The number of esters is 1. The monoisotopic (exact) mass is 689 g/mol. The Morgan fingerprint density at radius 1 is 0.408 bits per heavy atom. The second kappa shape index (κ2) is 42.6. The molecule has 0 aromatic carbocycles. The standard InChI is InChI=1S/C45H84O4/c1-2-3-4-5-6-7-8-9-20-24-27-30-33-36-39-42-45(48)49-43-40-37-34-31-28-25-22-19-17-15-13-11-10-12-14-16-18-21-23-26-29-32-35-38-41-44(46)47/h6-7,9,20H,2-5,8,10-19,21-43H2,1H3,(H,46,47). The van der Waals surface area contributed by atoms with Gasteiger partial charge in [-0.3, -0.25) is 9.59 Å². The van der Waals surface area contributed by atoms with Crippen LogP contribution in [0, 0.1) is 0 Å². The molecule has 0 rings (SSSR count). The molecule has 0 aliphatic carbocycles. The third-order valence-corrected chi connectivity index (χ3v) is 9.88. The Bertz CT molecular complexity index is 728. The minimum Gasteiger partial charge on any atom is -0.481 e. The van der Waals surface area contributed by atoms with Crippen molar-refractivity contribution in [1.82, 2.24) is 0 Å². The smallest absolute Gasteiger partial charge is 0.305 e. The first-order valence-electron chi connectivity index (χ1n) is 21.8. The molecule has 0 radical (unpaired) electrons. The molecule has 4 heteroatoms. The summed E-state index contributed by atoms with van der Waals surface area (Å²) in [5.41, 5.74) is 0. The van der Waals surface area contributed by atoms with E-state index in [0.29, 0.717) is 19.4 Å². The maximum absolute atomic E-state index is 12.0. The molecule has 0 aliphatic heterocycles. The molecule has 0 unspecified atom stereocenters. The molecule has 0 spiro atoms. The Morgan fingerprint density at radius 2 is 0.735 bits per heavy atom. The van der Waals surface area contributed by atoms with Gasteiger partial charge in [-0.15, -0.1) is 0 Å². The highest BCUT2D eigenvalue weighted by Crippen LogP contribution is 2.16. The van der Waals surface area contributed by atoms with Gasteiger partial charge in [0, 0.05) is 12.8 Å². The maximum Gasteiger partial charge on any atom is 0.305 e. The highest BCUT2D eigenvalue weighted by Gasteiger charge is 2.03. The van der Waals surface area contributed by atoms with E-state index in [9.17, 15) is 9.59 Å². The van der Waals surface area contributed by atoms with Crippen LogP contribution < -0.4 is 0 Å². The largest absolute Gasteiger partial charge is 0.481 e. The summed E-state index contributed by atoms with van der Waals surface area (Å²) in [6, 6.07) is 0. The van der Waals surface area contributed by atoms with Crippen molar-refractivity contribution < 1.29 is 19.4 Å². The number of hydrogen-bond donors (Lipinski definition) is 1. The lowest BCUT2D eigenvalue weighted by molar-refractivity contribution is -0.144. The number of allylic oxidation sites excluding steroid dienone is 4. The van der Waals surface area contributed by atoms with Gasteiger partial charge in [-0.1, -0.05) is 205 Å². The Kier molecular flexibility index (Phi) is 41.2. The summed E-state index contributed by atoms with van der Waals surface area (Å²) in [5.74, 6) is -0.653. The first-order valence-corrected chi connectivity index (χ1v) is 21.8. The summed E-state index contributed by atoms with van der Waals surface area (Å²) < 4.78 is 5.45. The Labute approximate surface area is 306 Å². The molecule has 0 atom stereocenters. The molecule has 288 valence electrons. The summed E-state index contributed by atoms with van der Waals surface area (Å²) in [4.78, 5) is 22.5. The number of carbonyl (C=O) groups excluding carboxylic acids is 1. The van der Waals surface area contributed by atoms with Crippen LogP contribution in [0.25, 0.3) is 0 Å². The Balaban J connectivity index is 3.18. The first-order chi connectivity index (χ1) is 24.2. The van der Waals surface area contributed by atoms with Gasteiger partial charge in [-0.05, 0) is 51.4 Å². The van der Waals surface area contributed by atoms with Crippen molar-refractivity contribution in [2.75, 3.05) is 6.61 Å². The molecule has 49 heavy (non-hydrogen) atoms. The molecule has 0 aliphatic rings. The fraction of sp³-hybridized carbons (Fsp3) is 0.867. The van der Waals surface area contributed by atoms with Crippen molar-refractivity contribution in [2.24, 2.45) is 0 Å². The first kappa shape index (κ1) is 47.4. The summed E-state index contributed by atoms with van der Waals surface area (Å²) >= 11 is 0. The average molecular weight is 689 g/mol. The Hall–Kier alpha value is -1.58. The zero-order valence-electron chi connectivity index (χ0n) is 32.9. The van der Waals surface area contributed by atoms with E-state index in [4.69, 9.17) is 9.84 Å². The lowest BCUT2D eigenvalue weighted by Gasteiger charge is -2.06. The SMILES string of the molecule is CCCCCC=CCC=CCCCCCCCC(=O)OCCCCCCCCCCCCCCCCCCCCCCCCCCC(=O)O. The lowest BCUT2D eigenvalue weighted by atomic mass is 10.0. The van der Waals surface area contributed by atoms with E-state index in [1.807, 2.05) is 0 Å². The minimum atomic E-state index is -0.656. The van der Waals surface area contributed by atoms with Crippen molar-refractivity contribution in [3.63, 3.8) is 0 Å². The quantitative estimate of drug-likeness (QED) is 0.0394. The second-order valence-corrected chi connectivity index (χ2v) is 14.8. The van der Waals surface area contributed by atoms with Crippen molar-refractivity contribution in [3.8, 4) is 0 Å². The van der Waals surface area contributed by atoms with Gasteiger partial charge in [0.15, 0.2) is 0 Å². The molecule has 0 saturated carbocycles. The predicted molar refractivity (Wildman–Crippen MR) is 213 cm³/mol. The maximum atomic E-state index is 12.0. The van der Waals surface area contributed by atoms with Crippen molar-refractivity contribution in [1.29, 1.82) is 0 Å². The number of aliphatic carboxylic acids is 1. The van der Waals surface area contributed by atoms with Gasteiger partial charge in [0.2, 0.25) is 0 Å². The van der Waals surface area contributed by atoms with Crippen LogP contribution >= 0.6 is 0 Å². The molecule has 0 bridgehead atoms. The number of ether oxygens (including phenoxy) is 1. The van der Waals surface area contributed by atoms with Gasteiger partial charge in [-0.2, -0.15) is 0 Å². The third kappa shape index (κ3) is 44.4. The fourth-order valence-corrected chi connectivity index (χ4v) is 6.61. The van der Waals surface area contributed by atoms with Gasteiger partial charge in [-0.25, -0.2) is 0 Å². The summed E-state index contributed by atoms with van der Waals surface area (Å²) in [5, 5.41) is 8.65. The summed E-state index contributed by atoms with van der Waals surface area (Å²) in [7, 11) is 0. The molecule has 0 amide bonds. The zero-order chi connectivity index (χ0) is 35.6. The summed E-state index contributed by atoms with van der Waals surface area (Å²) in [6.45, 7) is 2.86. The van der Waals surface area contributed by atoms with E-state index < -0.39 is 5.97 Å². The number of carbonyl (C=O) groups is 2. The van der Waals surface area contributed by atoms with Crippen LogP contribution in [0.4, 0.5) is 0 Å². The molecule has 1 N–H and O–H groups in total. The fourth-order valence-electron chi connectivity index (χ4n) is 6.61. The molecule has 4 nitrogen and oxygen atoms in total. The van der Waals surface area contributed by atoms with E-state index in [0.717, 1.165) is 38.5 Å². The molecule has 0 aromatic rings. The predicted octanol–water partition coefficient (Wildman–Crippen LogP) is 15.2. The van der Waals surface area contributed by atoms with E-state index in [-0.39, 0.29) is 5.97 Å². The number of rotatable bonds is 41. The van der Waals surface area contributed by atoms with Gasteiger partial charge in [0.1, 0.15) is 0 Å². The van der Waals surface area contributed by atoms with E-state index in [1.54, 1.807) is 0 Å². The van der Waals surface area contributed by atoms with Crippen LogP contribution in [0.5, 0.6) is 0 Å². The highest BCUT2D eigenvalue weighted by molar-refractivity contribution is 5.69. The van der Waals surface area contributed by atoms with Crippen molar-refractivity contribution in [2.45, 2.75) is 244 Å².